The molecule has 2 aromatic carbocycles. The van der Waals surface area contributed by atoms with E-state index in [4.69, 9.17) is 16.3 Å². The van der Waals surface area contributed by atoms with Gasteiger partial charge < -0.3 is 15.0 Å². The quantitative estimate of drug-likeness (QED) is 0.753. The minimum atomic E-state index is -0.0962. The number of nitrogens with zero attached hydrogens (tertiary/aromatic N) is 1. The van der Waals surface area contributed by atoms with Crippen LogP contribution in [0.2, 0.25) is 0 Å². The van der Waals surface area contributed by atoms with Crippen LogP contribution in [0.5, 0.6) is 0 Å². The number of hydrogen-bond donors (Lipinski definition) is 1. The maximum absolute atomic E-state index is 11.9. The van der Waals surface area contributed by atoms with E-state index in [0.717, 1.165) is 22.5 Å². The SMILES string of the molecule is CC(=O)Nc1ccccc1.COCCN(C(=O)CCl)c1c(C)cccc1C. The van der Waals surface area contributed by atoms with Crippen LogP contribution in [0.1, 0.15) is 18.1 Å². The minimum absolute atomic E-state index is 0.0164. The Hall–Kier alpha value is -2.37. The summed E-state index contributed by atoms with van der Waals surface area (Å²) in [5.41, 5.74) is 3.92. The van der Waals surface area contributed by atoms with Crippen molar-refractivity contribution >= 4 is 34.8 Å². The van der Waals surface area contributed by atoms with Gasteiger partial charge in [-0.25, -0.2) is 0 Å². The lowest BCUT2D eigenvalue weighted by Crippen LogP contribution is -2.35. The van der Waals surface area contributed by atoms with E-state index in [1.165, 1.54) is 6.92 Å². The van der Waals surface area contributed by atoms with Crippen molar-refractivity contribution in [1.82, 2.24) is 0 Å². The van der Waals surface area contributed by atoms with Gasteiger partial charge in [-0.3, -0.25) is 9.59 Å². The van der Waals surface area contributed by atoms with Crippen molar-refractivity contribution in [2.75, 3.05) is 36.4 Å². The normalized spacial score (nSPS) is 9.81. The molecule has 0 fully saturated rings. The van der Waals surface area contributed by atoms with Crippen molar-refractivity contribution in [2.24, 2.45) is 0 Å². The third-order valence-corrected chi connectivity index (χ3v) is 3.97. The summed E-state index contributed by atoms with van der Waals surface area (Å²) < 4.78 is 5.03. The van der Waals surface area contributed by atoms with Crippen LogP contribution in [-0.4, -0.2) is 38.0 Å². The number of amides is 2. The number of nitrogens with one attached hydrogen (secondary N) is 1. The zero-order valence-corrected chi connectivity index (χ0v) is 17.0. The van der Waals surface area contributed by atoms with Gasteiger partial charge >= 0.3 is 0 Å². The highest BCUT2D eigenvalue weighted by molar-refractivity contribution is 6.29. The predicted molar refractivity (Wildman–Crippen MR) is 112 cm³/mol. The monoisotopic (exact) mass is 390 g/mol. The molecule has 0 heterocycles. The van der Waals surface area contributed by atoms with Gasteiger partial charge in [0.25, 0.3) is 0 Å². The molecule has 0 aliphatic rings. The van der Waals surface area contributed by atoms with Gasteiger partial charge in [-0.1, -0.05) is 36.4 Å². The van der Waals surface area contributed by atoms with E-state index in [-0.39, 0.29) is 17.7 Å². The van der Waals surface area contributed by atoms with Crippen molar-refractivity contribution < 1.29 is 14.3 Å². The number of benzene rings is 2. The van der Waals surface area contributed by atoms with Gasteiger partial charge in [-0.2, -0.15) is 0 Å². The first-order valence-electron chi connectivity index (χ1n) is 8.64. The number of hydrogen-bond acceptors (Lipinski definition) is 3. The van der Waals surface area contributed by atoms with Crippen molar-refractivity contribution in [3.8, 4) is 0 Å². The molecule has 0 aromatic heterocycles. The maximum atomic E-state index is 11.9. The van der Waals surface area contributed by atoms with Crippen LogP contribution in [0.15, 0.2) is 48.5 Å². The number of methoxy groups -OCH3 is 1. The molecule has 0 saturated heterocycles. The summed E-state index contributed by atoms with van der Waals surface area (Å²) in [7, 11) is 1.62. The lowest BCUT2D eigenvalue weighted by atomic mass is 10.1. The van der Waals surface area contributed by atoms with Crippen molar-refractivity contribution in [1.29, 1.82) is 0 Å². The number of alkyl halides is 1. The highest BCUT2D eigenvalue weighted by Gasteiger charge is 2.17. The van der Waals surface area contributed by atoms with E-state index in [2.05, 4.69) is 5.32 Å². The Morgan fingerprint density at radius 3 is 2.11 bits per heavy atom. The van der Waals surface area contributed by atoms with Crippen LogP contribution < -0.4 is 10.2 Å². The van der Waals surface area contributed by atoms with Crippen LogP contribution in [-0.2, 0) is 14.3 Å². The molecule has 0 bridgehead atoms. The summed E-state index contributed by atoms with van der Waals surface area (Å²) in [6, 6.07) is 15.3. The zero-order chi connectivity index (χ0) is 20.2. The molecule has 0 spiro atoms. The first-order valence-corrected chi connectivity index (χ1v) is 9.18. The number of carbonyl (C=O) groups excluding carboxylic acids is 2. The van der Waals surface area contributed by atoms with E-state index in [0.29, 0.717) is 13.2 Å². The fraction of sp³-hybridized carbons (Fsp3) is 0.333. The molecule has 0 radical (unpaired) electrons. The predicted octanol–water partition coefficient (Wildman–Crippen LogP) is 4.17. The molecule has 2 rings (SSSR count). The fourth-order valence-electron chi connectivity index (χ4n) is 2.57. The first kappa shape index (κ1) is 22.7. The van der Waals surface area contributed by atoms with Crippen LogP contribution in [0, 0.1) is 13.8 Å². The summed E-state index contributed by atoms with van der Waals surface area (Å²) in [4.78, 5) is 24.1. The van der Waals surface area contributed by atoms with Gasteiger partial charge in [0.05, 0.1) is 6.61 Å². The Labute approximate surface area is 166 Å². The fourth-order valence-corrected chi connectivity index (χ4v) is 2.72. The average Bonchev–Trinajstić information content (AvgIpc) is 2.64. The molecule has 2 aromatic rings. The summed E-state index contributed by atoms with van der Waals surface area (Å²) in [5.74, 6) is -0.148. The number of rotatable bonds is 6. The standard InChI is InChI=1S/C13H18ClNO2.C8H9NO/c1-10-5-4-6-11(2)13(10)15(7-8-17-3)12(16)9-14;1-7(10)9-8-5-3-2-4-6-8/h4-6H,7-9H2,1-3H3;2-6H,1H3,(H,9,10). The van der Waals surface area contributed by atoms with Gasteiger partial charge in [-0.05, 0) is 37.1 Å². The van der Waals surface area contributed by atoms with Crippen LogP contribution in [0.25, 0.3) is 0 Å². The molecule has 5 nitrogen and oxygen atoms in total. The molecule has 6 heteroatoms. The number of ether oxygens (including phenoxy) is 1. The van der Waals surface area contributed by atoms with E-state index in [1.54, 1.807) is 12.0 Å². The third-order valence-electron chi connectivity index (χ3n) is 3.74. The molecule has 2 amide bonds. The molecule has 0 aliphatic carbocycles. The van der Waals surface area contributed by atoms with E-state index >= 15 is 0 Å². The van der Waals surface area contributed by atoms with Crippen molar-refractivity contribution in [3.63, 3.8) is 0 Å². The molecule has 0 atom stereocenters. The summed E-state index contributed by atoms with van der Waals surface area (Å²) in [6.45, 7) is 6.49. The van der Waals surface area contributed by atoms with Crippen molar-refractivity contribution in [2.45, 2.75) is 20.8 Å². The topological polar surface area (TPSA) is 58.6 Å². The number of carbonyl (C=O) groups is 2. The molecule has 0 saturated carbocycles. The summed E-state index contributed by atoms with van der Waals surface area (Å²) in [5, 5.41) is 2.67. The second-order valence-electron chi connectivity index (χ2n) is 5.96. The van der Waals surface area contributed by atoms with E-state index < -0.39 is 0 Å². The van der Waals surface area contributed by atoms with E-state index in [1.807, 2.05) is 62.4 Å². The van der Waals surface area contributed by atoms with Crippen LogP contribution >= 0.6 is 11.6 Å². The molecule has 0 aliphatic heterocycles. The van der Waals surface area contributed by atoms with Gasteiger partial charge in [0.1, 0.15) is 5.88 Å². The number of para-hydroxylation sites is 2. The Kier molecular flexibility index (Phi) is 10.2. The molecular weight excluding hydrogens is 364 g/mol. The molecule has 0 unspecified atom stereocenters. The number of aryl methyl sites for hydroxylation is 2. The highest BCUT2D eigenvalue weighted by Crippen LogP contribution is 2.24. The Morgan fingerprint density at radius 2 is 1.63 bits per heavy atom. The third kappa shape index (κ3) is 7.81. The minimum Gasteiger partial charge on any atom is -0.383 e. The maximum Gasteiger partial charge on any atom is 0.242 e. The largest absolute Gasteiger partial charge is 0.383 e. The first-order chi connectivity index (χ1) is 12.9. The lowest BCUT2D eigenvalue weighted by Gasteiger charge is -2.25. The number of anilines is 2. The second-order valence-corrected chi connectivity index (χ2v) is 6.23. The molecule has 146 valence electrons. The lowest BCUT2D eigenvalue weighted by molar-refractivity contribution is -0.116. The molecule has 1 N–H and O–H groups in total. The Balaban J connectivity index is 0.000000309. The Bertz CT molecular complexity index is 715. The molecular formula is C21H27ClN2O3. The van der Waals surface area contributed by atoms with Gasteiger partial charge in [-0.15, -0.1) is 11.6 Å². The van der Waals surface area contributed by atoms with Crippen molar-refractivity contribution in [3.05, 3.63) is 59.7 Å². The van der Waals surface area contributed by atoms with E-state index in [9.17, 15) is 9.59 Å². The van der Waals surface area contributed by atoms with Gasteiger partial charge in [0.15, 0.2) is 0 Å². The Morgan fingerprint density at radius 1 is 1.04 bits per heavy atom. The van der Waals surface area contributed by atoms with Crippen LogP contribution in [0.3, 0.4) is 0 Å². The smallest absolute Gasteiger partial charge is 0.242 e. The summed E-state index contributed by atoms with van der Waals surface area (Å²) >= 11 is 5.65. The number of halogens is 1. The highest BCUT2D eigenvalue weighted by atomic mass is 35.5. The molecule has 27 heavy (non-hydrogen) atoms. The average molecular weight is 391 g/mol. The van der Waals surface area contributed by atoms with Crippen LogP contribution in [0.4, 0.5) is 11.4 Å². The second kappa shape index (κ2) is 12.1. The summed E-state index contributed by atoms with van der Waals surface area (Å²) in [6.07, 6.45) is 0. The zero-order valence-electron chi connectivity index (χ0n) is 16.3. The van der Waals surface area contributed by atoms with Gasteiger partial charge in [0.2, 0.25) is 11.8 Å². The van der Waals surface area contributed by atoms with Gasteiger partial charge in [0, 0.05) is 32.0 Å².